The maximum Gasteiger partial charge on any atom is 0.137 e. The van der Waals surface area contributed by atoms with Crippen molar-refractivity contribution >= 4 is 12.1 Å². The number of hydrogen-bond donors (Lipinski definition) is 0. The van der Waals surface area contributed by atoms with Crippen LogP contribution in [0.3, 0.4) is 0 Å². The number of rotatable bonds is 1. The molecule has 2 rings (SSSR count). The van der Waals surface area contributed by atoms with Crippen molar-refractivity contribution in [3.8, 4) is 0 Å². The van der Waals surface area contributed by atoms with E-state index >= 15 is 0 Å². The summed E-state index contributed by atoms with van der Waals surface area (Å²) < 4.78 is 0. The zero-order valence-corrected chi connectivity index (χ0v) is 10.6. The van der Waals surface area contributed by atoms with Crippen molar-refractivity contribution in [3.63, 3.8) is 0 Å². The van der Waals surface area contributed by atoms with Crippen molar-refractivity contribution < 1.29 is 9.59 Å². The monoisotopic (exact) mass is 220 g/mol. The second-order valence-corrected chi connectivity index (χ2v) is 6.40. The lowest BCUT2D eigenvalue weighted by molar-refractivity contribution is -0.121. The van der Waals surface area contributed by atoms with Crippen LogP contribution in [0.15, 0.2) is 11.1 Å². The molecule has 2 aliphatic rings. The van der Waals surface area contributed by atoms with Gasteiger partial charge in [-0.1, -0.05) is 38.8 Å². The lowest BCUT2D eigenvalue weighted by Gasteiger charge is -2.34. The molecule has 0 saturated heterocycles. The Hall–Kier alpha value is -0.920. The van der Waals surface area contributed by atoms with Gasteiger partial charge in [-0.25, -0.2) is 0 Å². The summed E-state index contributed by atoms with van der Waals surface area (Å²) in [6, 6.07) is 0. The summed E-state index contributed by atoms with van der Waals surface area (Å²) >= 11 is 0. The predicted molar refractivity (Wildman–Crippen MR) is 63.0 cm³/mol. The molecule has 0 bridgehead atoms. The first-order valence-electron chi connectivity index (χ1n) is 5.99. The van der Waals surface area contributed by atoms with Gasteiger partial charge in [0, 0.05) is 18.8 Å². The number of hydrogen-bond acceptors (Lipinski definition) is 2. The fraction of sp³-hybridized carbons (Fsp3) is 0.714. The summed E-state index contributed by atoms with van der Waals surface area (Å²) in [6.07, 6.45) is 3.12. The Balaban J connectivity index is 2.49. The summed E-state index contributed by atoms with van der Waals surface area (Å²) in [4.78, 5) is 22.9. The van der Waals surface area contributed by atoms with Gasteiger partial charge < -0.3 is 4.79 Å². The van der Waals surface area contributed by atoms with Crippen molar-refractivity contribution in [1.29, 1.82) is 0 Å². The zero-order valence-electron chi connectivity index (χ0n) is 10.6. The largest absolute Gasteiger partial charge is 0.303 e. The normalized spacial score (nSPS) is 31.5. The lowest BCUT2D eigenvalue weighted by Crippen LogP contribution is -2.28. The maximum atomic E-state index is 11.8. The molecule has 0 saturated carbocycles. The Labute approximate surface area is 97.1 Å². The highest BCUT2D eigenvalue weighted by atomic mass is 16.1. The second kappa shape index (κ2) is 3.28. The van der Waals surface area contributed by atoms with Crippen LogP contribution in [0.2, 0.25) is 0 Å². The summed E-state index contributed by atoms with van der Waals surface area (Å²) in [5, 5.41) is 0. The van der Waals surface area contributed by atoms with Crippen LogP contribution in [0.4, 0.5) is 0 Å². The topological polar surface area (TPSA) is 34.1 Å². The summed E-state index contributed by atoms with van der Waals surface area (Å²) in [7, 11) is 0. The smallest absolute Gasteiger partial charge is 0.137 e. The molecule has 0 aliphatic heterocycles. The van der Waals surface area contributed by atoms with E-state index in [0.29, 0.717) is 18.6 Å². The van der Waals surface area contributed by atoms with Gasteiger partial charge in [0.05, 0.1) is 0 Å². The van der Waals surface area contributed by atoms with Crippen molar-refractivity contribution in [2.24, 2.45) is 16.7 Å². The van der Waals surface area contributed by atoms with Crippen LogP contribution in [-0.4, -0.2) is 12.1 Å². The number of allylic oxidation sites excluding steroid dienone is 2. The Bertz CT molecular complexity index is 386. The van der Waals surface area contributed by atoms with Gasteiger partial charge in [-0.2, -0.15) is 0 Å². The molecule has 0 N–H and O–H groups in total. The zero-order chi connectivity index (χ0) is 12.1. The van der Waals surface area contributed by atoms with E-state index in [1.54, 1.807) is 0 Å². The quantitative estimate of drug-likeness (QED) is 0.503. The highest BCUT2D eigenvalue weighted by Gasteiger charge is 2.48. The highest BCUT2D eigenvalue weighted by molar-refractivity contribution is 5.85. The molecule has 1 atom stereocenters. The molecule has 0 aromatic heterocycles. The first-order valence-corrected chi connectivity index (χ1v) is 5.99. The lowest BCUT2D eigenvalue weighted by atomic mass is 9.69. The van der Waals surface area contributed by atoms with Crippen LogP contribution in [0.5, 0.6) is 0 Å². The molecule has 0 unspecified atom stereocenters. The molecule has 0 radical (unpaired) electrons. The standard InChI is InChI=1S/C14H20O2/c1-13(2)7-10(16)6-12-11(13)5-9(8-15)14(12,3)4/h8-9H,5-7H2,1-4H3/t9-/m1/s1. The molecule has 0 aromatic rings. The van der Waals surface area contributed by atoms with Gasteiger partial charge in [-0.15, -0.1) is 0 Å². The SMILES string of the molecule is CC1(C)CC(=O)CC2=C1C[C@H](C=O)C2(C)C. The minimum Gasteiger partial charge on any atom is -0.303 e. The van der Waals surface area contributed by atoms with Crippen LogP contribution in [-0.2, 0) is 9.59 Å². The minimum atomic E-state index is -0.121. The van der Waals surface area contributed by atoms with Gasteiger partial charge in [0.25, 0.3) is 0 Å². The fourth-order valence-corrected chi connectivity index (χ4v) is 3.31. The fourth-order valence-electron chi connectivity index (χ4n) is 3.31. The number of aldehydes is 1. The van der Waals surface area contributed by atoms with Gasteiger partial charge >= 0.3 is 0 Å². The van der Waals surface area contributed by atoms with E-state index in [1.165, 1.54) is 11.1 Å². The van der Waals surface area contributed by atoms with Crippen LogP contribution >= 0.6 is 0 Å². The molecule has 0 fully saturated rings. The van der Waals surface area contributed by atoms with Crippen molar-refractivity contribution in [3.05, 3.63) is 11.1 Å². The minimum absolute atomic E-state index is 0.0420. The molecule has 0 amide bonds. The van der Waals surface area contributed by atoms with Crippen LogP contribution in [0, 0.1) is 16.7 Å². The van der Waals surface area contributed by atoms with Gasteiger partial charge in [-0.3, -0.25) is 4.79 Å². The molecule has 2 aliphatic carbocycles. The van der Waals surface area contributed by atoms with E-state index in [4.69, 9.17) is 0 Å². The molecule has 88 valence electrons. The first kappa shape index (κ1) is 11.6. The Kier molecular flexibility index (Phi) is 2.37. The summed E-state index contributed by atoms with van der Waals surface area (Å²) in [5.41, 5.74) is 2.45. The van der Waals surface area contributed by atoms with Crippen LogP contribution in [0.1, 0.15) is 47.0 Å². The van der Waals surface area contributed by atoms with E-state index in [-0.39, 0.29) is 16.7 Å². The third kappa shape index (κ3) is 1.47. The maximum absolute atomic E-state index is 11.8. The number of ketones is 1. The molecule has 2 nitrogen and oxygen atoms in total. The second-order valence-electron chi connectivity index (χ2n) is 6.40. The molecule has 0 heterocycles. The third-order valence-electron chi connectivity index (χ3n) is 4.49. The highest BCUT2D eigenvalue weighted by Crippen LogP contribution is 2.56. The van der Waals surface area contributed by atoms with E-state index in [9.17, 15) is 9.59 Å². The van der Waals surface area contributed by atoms with E-state index in [0.717, 1.165) is 12.7 Å². The summed E-state index contributed by atoms with van der Waals surface area (Å²) in [6.45, 7) is 8.46. The molecule has 0 aromatic carbocycles. The van der Waals surface area contributed by atoms with E-state index < -0.39 is 0 Å². The predicted octanol–water partition coefficient (Wildman–Crippen LogP) is 2.92. The van der Waals surface area contributed by atoms with Gasteiger partial charge in [0.15, 0.2) is 0 Å². The first-order chi connectivity index (χ1) is 7.29. The number of carbonyl (C=O) groups is 2. The van der Waals surface area contributed by atoms with E-state index in [2.05, 4.69) is 27.7 Å². The van der Waals surface area contributed by atoms with Crippen molar-refractivity contribution in [2.45, 2.75) is 47.0 Å². The Morgan fingerprint density at radius 1 is 1.19 bits per heavy atom. The van der Waals surface area contributed by atoms with Crippen molar-refractivity contribution in [2.75, 3.05) is 0 Å². The van der Waals surface area contributed by atoms with Gasteiger partial charge in [0.2, 0.25) is 0 Å². The van der Waals surface area contributed by atoms with Crippen LogP contribution in [0.25, 0.3) is 0 Å². The average Bonchev–Trinajstić information content (AvgIpc) is 2.38. The van der Waals surface area contributed by atoms with Crippen molar-refractivity contribution in [1.82, 2.24) is 0 Å². The third-order valence-corrected chi connectivity index (χ3v) is 4.49. The molecule has 2 heteroatoms. The average molecular weight is 220 g/mol. The van der Waals surface area contributed by atoms with Gasteiger partial charge in [0.1, 0.15) is 12.1 Å². The number of carbonyl (C=O) groups excluding carboxylic acids is 2. The molecule has 0 spiro atoms. The Morgan fingerprint density at radius 3 is 2.38 bits per heavy atom. The summed E-state index contributed by atoms with van der Waals surface area (Å²) in [5.74, 6) is 0.381. The van der Waals surface area contributed by atoms with Crippen LogP contribution < -0.4 is 0 Å². The van der Waals surface area contributed by atoms with E-state index in [1.807, 2.05) is 0 Å². The van der Waals surface area contributed by atoms with Gasteiger partial charge in [-0.05, 0) is 17.3 Å². The molecular formula is C14H20O2. The molecule has 16 heavy (non-hydrogen) atoms. The Morgan fingerprint density at radius 2 is 1.81 bits per heavy atom. The number of Topliss-reactive ketones (excluding diaryl/α,β-unsaturated/α-hetero) is 1. The molecular weight excluding hydrogens is 200 g/mol.